The summed E-state index contributed by atoms with van der Waals surface area (Å²) in [6.07, 6.45) is 2.50. The molecule has 3 aromatic rings. The van der Waals surface area contributed by atoms with Crippen molar-refractivity contribution in [3.8, 4) is 23.0 Å². The zero-order chi connectivity index (χ0) is 24.9. The molecule has 1 amide bonds. The normalized spacial score (nSPS) is 15.6. The second-order valence-electron chi connectivity index (χ2n) is 7.69. The third-order valence-corrected chi connectivity index (χ3v) is 5.61. The van der Waals surface area contributed by atoms with Gasteiger partial charge in [-0.1, -0.05) is 0 Å². The van der Waals surface area contributed by atoms with E-state index in [0.717, 1.165) is 5.69 Å². The van der Waals surface area contributed by atoms with Crippen LogP contribution < -0.4 is 24.8 Å². The molecule has 2 aromatic heterocycles. The molecular weight excluding hydrogens is 457 g/mol. The lowest BCUT2D eigenvalue weighted by atomic mass is 10.2. The maximum absolute atomic E-state index is 13.3. The molecule has 1 aromatic carbocycles. The lowest BCUT2D eigenvalue weighted by Gasteiger charge is -2.41. The number of carbonyl (C=O) groups is 1. The van der Waals surface area contributed by atoms with Gasteiger partial charge in [0.05, 0.1) is 38.8 Å². The molecular formula is C24H26FN5O5. The molecule has 10 nitrogen and oxygen atoms in total. The van der Waals surface area contributed by atoms with E-state index in [9.17, 15) is 9.18 Å². The van der Waals surface area contributed by atoms with Gasteiger partial charge in [-0.15, -0.1) is 0 Å². The zero-order valence-electron chi connectivity index (χ0n) is 19.6. The van der Waals surface area contributed by atoms with Gasteiger partial charge in [-0.25, -0.2) is 14.4 Å². The average molecular weight is 484 g/mol. The Morgan fingerprint density at radius 2 is 1.74 bits per heavy atom. The number of benzene rings is 1. The molecule has 0 radical (unpaired) electrons. The Labute approximate surface area is 202 Å². The Balaban J connectivity index is 1.51. The number of aromatic nitrogens is 2. The summed E-state index contributed by atoms with van der Waals surface area (Å²) in [5.41, 5.74) is 6.71. The quantitative estimate of drug-likeness (QED) is 0.542. The van der Waals surface area contributed by atoms with Gasteiger partial charge in [0.25, 0.3) is 5.91 Å². The van der Waals surface area contributed by atoms with Crippen LogP contribution in [0.1, 0.15) is 10.5 Å². The van der Waals surface area contributed by atoms with Gasteiger partial charge in [0.15, 0.2) is 11.5 Å². The number of rotatable bonds is 7. The first kappa shape index (κ1) is 24.0. The minimum atomic E-state index is -0.540. The van der Waals surface area contributed by atoms with Crippen molar-refractivity contribution in [3.05, 3.63) is 60.3 Å². The minimum Gasteiger partial charge on any atom is -0.494 e. The number of pyridine rings is 2. The molecule has 4 rings (SSSR count). The molecule has 1 aliphatic heterocycles. The zero-order valence-corrected chi connectivity index (χ0v) is 19.6. The largest absolute Gasteiger partial charge is 0.494 e. The molecule has 11 heteroatoms. The predicted molar refractivity (Wildman–Crippen MR) is 127 cm³/mol. The van der Waals surface area contributed by atoms with Crippen LogP contribution in [-0.4, -0.2) is 68.0 Å². The van der Waals surface area contributed by atoms with Gasteiger partial charge < -0.3 is 34.5 Å². The maximum atomic E-state index is 13.3. The number of amides is 1. The van der Waals surface area contributed by atoms with Crippen molar-refractivity contribution in [2.24, 2.45) is 0 Å². The van der Waals surface area contributed by atoms with Gasteiger partial charge >= 0.3 is 0 Å². The van der Waals surface area contributed by atoms with E-state index in [1.165, 1.54) is 43.6 Å². The van der Waals surface area contributed by atoms with Gasteiger partial charge in [-0.05, 0) is 24.3 Å². The molecule has 0 aliphatic carbocycles. The highest BCUT2D eigenvalue weighted by molar-refractivity contribution is 5.93. The fourth-order valence-corrected chi connectivity index (χ4v) is 3.80. The van der Waals surface area contributed by atoms with Crippen molar-refractivity contribution in [3.63, 3.8) is 0 Å². The molecule has 1 fully saturated rings. The summed E-state index contributed by atoms with van der Waals surface area (Å²) in [7, 11) is 4.57. The van der Waals surface area contributed by atoms with Crippen LogP contribution in [0.4, 0.5) is 15.9 Å². The highest BCUT2D eigenvalue weighted by atomic mass is 19.1. The van der Waals surface area contributed by atoms with Crippen molar-refractivity contribution >= 4 is 17.4 Å². The molecule has 1 saturated heterocycles. The van der Waals surface area contributed by atoms with Crippen molar-refractivity contribution < 1.29 is 28.1 Å². The number of anilines is 2. The van der Waals surface area contributed by atoms with Gasteiger partial charge in [0.2, 0.25) is 0 Å². The first-order valence-corrected chi connectivity index (χ1v) is 10.8. The van der Waals surface area contributed by atoms with E-state index < -0.39 is 6.23 Å². The Hall–Kier alpha value is -4.12. The summed E-state index contributed by atoms with van der Waals surface area (Å²) in [6.45, 7) is 1.30. The number of halogens is 1. The lowest BCUT2D eigenvalue weighted by Crippen LogP contribution is -2.56. The smallest absolute Gasteiger partial charge is 0.274 e. The van der Waals surface area contributed by atoms with Gasteiger partial charge in [0, 0.05) is 32.3 Å². The van der Waals surface area contributed by atoms with E-state index in [0.29, 0.717) is 48.5 Å². The molecule has 184 valence electrons. The van der Waals surface area contributed by atoms with Gasteiger partial charge in [0.1, 0.15) is 35.1 Å². The first-order chi connectivity index (χ1) is 16.9. The summed E-state index contributed by atoms with van der Waals surface area (Å²) in [6, 6.07) is 8.71. The predicted octanol–water partition coefficient (Wildman–Crippen LogP) is 2.94. The number of nitrogen functional groups attached to an aromatic ring is 1. The van der Waals surface area contributed by atoms with Crippen LogP contribution in [0.3, 0.4) is 0 Å². The summed E-state index contributed by atoms with van der Waals surface area (Å²) in [5.74, 6) is 1.29. The summed E-state index contributed by atoms with van der Waals surface area (Å²) < 4.78 is 35.4. The second kappa shape index (κ2) is 10.4. The fourth-order valence-electron chi connectivity index (χ4n) is 3.80. The third-order valence-electron chi connectivity index (χ3n) is 5.61. The van der Waals surface area contributed by atoms with Crippen molar-refractivity contribution in [1.82, 2.24) is 14.9 Å². The van der Waals surface area contributed by atoms with Crippen LogP contribution in [0.15, 0.2) is 48.8 Å². The third kappa shape index (κ3) is 5.19. The van der Waals surface area contributed by atoms with Crippen LogP contribution in [0.5, 0.6) is 23.0 Å². The monoisotopic (exact) mass is 483 g/mol. The van der Waals surface area contributed by atoms with E-state index >= 15 is 0 Å². The molecule has 35 heavy (non-hydrogen) atoms. The fraction of sp³-hybridized carbons (Fsp3) is 0.292. The van der Waals surface area contributed by atoms with E-state index in [-0.39, 0.29) is 17.4 Å². The Bertz CT molecular complexity index is 1190. The molecule has 1 aliphatic rings. The topological polar surface area (TPSA) is 112 Å². The van der Waals surface area contributed by atoms with Crippen LogP contribution in [0, 0.1) is 5.82 Å². The van der Waals surface area contributed by atoms with Crippen LogP contribution in [0.25, 0.3) is 0 Å². The number of methoxy groups -OCH3 is 3. The Morgan fingerprint density at radius 3 is 2.43 bits per heavy atom. The second-order valence-corrected chi connectivity index (χ2v) is 7.69. The molecule has 3 heterocycles. The van der Waals surface area contributed by atoms with E-state index in [1.807, 2.05) is 4.90 Å². The molecule has 0 bridgehead atoms. The molecule has 0 spiro atoms. The van der Waals surface area contributed by atoms with Crippen LogP contribution in [-0.2, 0) is 4.74 Å². The average Bonchev–Trinajstić information content (AvgIpc) is 2.89. The number of hydrogen-bond acceptors (Lipinski definition) is 9. The number of ether oxygens (including phenoxy) is 4. The number of carbonyl (C=O) groups excluding carboxylic acids is 1. The van der Waals surface area contributed by atoms with Crippen molar-refractivity contribution in [1.29, 1.82) is 0 Å². The molecule has 1 unspecified atom stereocenters. The van der Waals surface area contributed by atoms with Gasteiger partial charge in [-0.2, -0.15) is 0 Å². The number of piperazine rings is 1. The molecule has 2 N–H and O–H groups in total. The molecule has 0 saturated carbocycles. The maximum Gasteiger partial charge on any atom is 0.274 e. The number of nitrogens with two attached hydrogens (primary N) is 1. The van der Waals surface area contributed by atoms with Crippen molar-refractivity contribution in [2.75, 3.05) is 51.6 Å². The Kier molecular flexibility index (Phi) is 7.16. The number of hydrogen-bond donors (Lipinski definition) is 1. The van der Waals surface area contributed by atoms with E-state index in [4.69, 9.17) is 24.7 Å². The standard InChI is InChI=1S/C24H26FN5O5/c1-32-19-11-22(26)28-12-18(19)29-8-9-30(23(14-29)34-3)24(31)17-10-20(33-2)21(13-27-17)35-16-6-4-15(25)5-7-16/h4-7,10-13,23H,8-9,14H2,1-3H3,(H2,26,28). The van der Waals surface area contributed by atoms with E-state index in [2.05, 4.69) is 9.97 Å². The SMILES string of the molecule is COc1cc(C(=O)N2CCN(c3cnc(N)cc3OC)CC2OC)ncc1Oc1ccc(F)cc1. The van der Waals surface area contributed by atoms with Crippen LogP contribution in [0.2, 0.25) is 0 Å². The molecule has 1 atom stereocenters. The van der Waals surface area contributed by atoms with E-state index in [1.54, 1.807) is 31.4 Å². The van der Waals surface area contributed by atoms with Crippen molar-refractivity contribution in [2.45, 2.75) is 6.23 Å². The lowest BCUT2D eigenvalue weighted by molar-refractivity contribution is -0.0250. The summed E-state index contributed by atoms with van der Waals surface area (Å²) >= 11 is 0. The minimum absolute atomic E-state index is 0.176. The highest BCUT2D eigenvalue weighted by Crippen LogP contribution is 2.33. The van der Waals surface area contributed by atoms with Crippen LogP contribution >= 0.6 is 0 Å². The Morgan fingerprint density at radius 1 is 1.00 bits per heavy atom. The summed E-state index contributed by atoms with van der Waals surface area (Å²) in [5, 5.41) is 0. The highest BCUT2D eigenvalue weighted by Gasteiger charge is 2.33. The summed E-state index contributed by atoms with van der Waals surface area (Å²) in [4.78, 5) is 25.4. The van der Waals surface area contributed by atoms with Gasteiger partial charge in [-0.3, -0.25) is 4.79 Å². The number of nitrogens with zero attached hydrogens (tertiary/aromatic N) is 4. The first-order valence-electron chi connectivity index (χ1n) is 10.8.